The lowest BCUT2D eigenvalue weighted by Crippen LogP contribution is -2.51. The lowest BCUT2D eigenvalue weighted by atomic mass is 9.79. The van der Waals surface area contributed by atoms with Crippen molar-refractivity contribution in [3.8, 4) is 0 Å². The third-order valence-corrected chi connectivity index (χ3v) is 7.28. The molecule has 2 aliphatic heterocycles. The van der Waals surface area contributed by atoms with Gasteiger partial charge in [0.1, 0.15) is 5.78 Å². The van der Waals surface area contributed by atoms with Crippen molar-refractivity contribution in [1.82, 2.24) is 4.90 Å². The third kappa shape index (κ3) is 5.41. The van der Waals surface area contributed by atoms with Crippen LogP contribution in [0.25, 0.3) is 0 Å². The topological polar surface area (TPSA) is 66.9 Å². The van der Waals surface area contributed by atoms with Gasteiger partial charge in [-0.2, -0.15) is 0 Å². The first kappa shape index (κ1) is 24.6. The first-order valence-electron chi connectivity index (χ1n) is 11.9. The van der Waals surface area contributed by atoms with Gasteiger partial charge >= 0.3 is 5.97 Å². The molecule has 1 saturated heterocycles. The third-order valence-electron chi connectivity index (χ3n) is 6.79. The highest BCUT2D eigenvalue weighted by atomic mass is 79.9. The summed E-state index contributed by atoms with van der Waals surface area (Å²) in [4.78, 5) is 40.9. The van der Waals surface area contributed by atoms with Crippen molar-refractivity contribution in [2.24, 2.45) is 5.92 Å². The maximum absolute atomic E-state index is 13.4. The van der Waals surface area contributed by atoms with Crippen LogP contribution in [0.5, 0.6) is 0 Å². The zero-order valence-electron chi connectivity index (χ0n) is 19.7. The van der Waals surface area contributed by atoms with E-state index in [1.165, 1.54) is 19.4 Å². The van der Waals surface area contributed by atoms with Crippen molar-refractivity contribution in [1.29, 1.82) is 0 Å². The van der Waals surface area contributed by atoms with Crippen molar-refractivity contribution < 1.29 is 19.1 Å². The number of halogens is 1. The van der Waals surface area contributed by atoms with Crippen LogP contribution in [0, 0.1) is 5.92 Å². The van der Waals surface area contributed by atoms with E-state index in [0.717, 1.165) is 35.2 Å². The highest BCUT2D eigenvalue weighted by Gasteiger charge is 2.48. The lowest BCUT2D eigenvalue weighted by molar-refractivity contribution is -0.141. The molecule has 2 aliphatic rings. The number of ketones is 1. The number of hydrogen-bond donors (Lipinski definition) is 0. The molecular formula is C27H31BrN2O4. The Labute approximate surface area is 209 Å². The Kier molecular flexibility index (Phi) is 7.84. The fourth-order valence-electron chi connectivity index (χ4n) is 5.53. The fourth-order valence-corrected chi connectivity index (χ4v) is 5.91. The summed E-state index contributed by atoms with van der Waals surface area (Å²) in [7, 11) is 0. The molecule has 2 heterocycles. The van der Waals surface area contributed by atoms with Crippen LogP contribution >= 0.6 is 15.9 Å². The van der Waals surface area contributed by atoms with E-state index < -0.39 is 0 Å². The van der Waals surface area contributed by atoms with Crippen molar-refractivity contribution in [2.75, 3.05) is 18.1 Å². The zero-order valence-corrected chi connectivity index (χ0v) is 21.3. The van der Waals surface area contributed by atoms with Gasteiger partial charge in [-0.25, -0.2) is 0 Å². The average molecular weight is 527 g/mol. The van der Waals surface area contributed by atoms with Crippen molar-refractivity contribution in [3.63, 3.8) is 0 Å². The van der Waals surface area contributed by atoms with Gasteiger partial charge in [0.15, 0.2) is 0 Å². The largest absolute Gasteiger partial charge is 0.466 e. The molecule has 180 valence electrons. The van der Waals surface area contributed by atoms with Gasteiger partial charge in [0, 0.05) is 41.6 Å². The van der Waals surface area contributed by atoms with E-state index in [1.807, 2.05) is 23.1 Å². The van der Waals surface area contributed by atoms with Crippen LogP contribution in [0.3, 0.4) is 0 Å². The summed E-state index contributed by atoms with van der Waals surface area (Å²) < 4.78 is 6.15. The van der Waals surface area contributed by atoms with Crippen LogP contribution < -0.4 is 4.90 Å². The van der Waals surface area contributed by atoms with E-state index >= 15 is 0 Å². The summed E-state index contributed by atoms with van der Waals surface area (Å²) in [6, 6.07) is 16.7. The SMILES string of the molecule is CC(=O)CC(=O)N1c2ccc(Br)cc2[C@@H]2[C@@H](CCN2Cc2ccccc2)[C@@H]1CCCOC(C)=O. The van der Waals surface area contributed by atoms with Crippen LogP contribution in [0.15, 0.2) is 53.0 Å². The van der Waals surface area contributed by atoms with Gasteiger partial charge in [-0.15, -0.1) is 0 Å². The second kappa shape index (κ2) is 10.8. The van der Waals surface area contributed by atoms with Gasteiger partial charge in [0.2, 0.25) is 5.91 Å². The van der Waals surface area contributed by atoms with Gasteiger partial charge in [-0.05, 0) is 62.1 Å². The zero-order chi connectivity index (χ0) is 24.2. The van der Waals surface area contributed by atoms with Gasteiger partial charge in [-0.3, -0.25) is 19.3 Å². The summed E-state index contributed by atoms with van der Waals surface area (Å²) >= 11 is 3.63. The van der Waals surface area contributed by atoms with Crippen LogP contribution in [0.2, 0.25) is 0 Å². The number of rotatable bonds is 8. The van der Waals surface area contributed by atoms with E-state index in [2.05, 4.69) is 51.2 Å². The average Bonchev–Trinajstić information content (AvgIpc) is 3.20. The molecule has 0 aliphatic carbocycles. The summed E-state index contributed by atoms with van der Waals surface area (Å²) in [6.45, 7) is 4.98. The summed E-state index contributed by atoms with van der Waals surface area (Å²) in [5.74, 6) is -0.357. The van der Waals surface area contributed by atoms with E-state index in [0.29, 0.717) is 19.4 Å². The number of likely N-dealkylation sites (tertiary alicyclic amines) is 1. The molecule has 7 heteroatoms. The Bertz CT molecular complexity index is 1060. The van der Waals surface area contributed by atoms with Gasteiger partial charge < -0.3 is 9.64 Å². The summed E-state index contributed by atoms with van der Waals surface area (Å²) in [5, 5.41) is 0. The Hall–Kier alpha value is -2.51. The van der Waals surface area contributed by atoms with E-state index in [1.54, 1.807) is 0 Å². The number of benzene rings is 2. The molecule has 2 aromatic carbocycles. The number of anilines is 1. The van der Waals surface area contributed by atoms with Crippen molar-refractivity contribution in [3.05, 3.63) is 64.1 Å². The van der Waals surface area contributed by atoms with E-state index in [9.17, 15) is 14.4 Å². The number of nitrogens with zero attached hydrogens (tertiary/aromatic N) is 2. The number of Topliss-reactive ketones (excluding diaryl/α,β-unsaturated/α-hetero) is 1. The van der Waals surface area contributed by atoms with Crippen molar-refractivity contribution in [2.45, 2.75) is 58.2 Å². The number of carbonyl (C=O) groups excluding carboxylic acids is 3. The number of amides is 1. The molecule has 6 nitrogen and oxygen atoms in total. The fraction of sp³-hybridized carbons (Fsp3) is 0.444. The van der Waals surface area contributed by atoms with Gasteiger partial charge in [0.25, 0.3) is 0 Å². The maximum Gasteiger partial charge on any atom is 0.302 e. The first-order chi connectivity index (χ1) is 16.3. The molecule has 1 fully saturated rings. The minimum Gasteiger partial charge on any atom is -0.466 e. The van der Waals surface area contributed by atoms with Crippen LogP contribution in [0.4, 0.5) is 5.69 Å². The highest BCUT2D eigenvalue weighted by molar-refractivity contribution is 9.10. The number of fused-ring (bicyclic) bond motifs is 3. The Morgan fingerprint density at radius 3 is 2.56 bits per heavy atom. The predicted octanol–water partition coefficient (Wildman–Crippen LogP) is 5.05. The second-order valence-corrected chi connectivity index (χ2v) is 10.2. The predicted molar refractivity (Wildman–Crippen MR) is 134 cm³/mol. The van der Waals surface area contributed by atoms with Crippen LogP contribution in [-0.4, -0.2) is 41.8 Å². The lowest BCUT2D eigenvalue weighted by Gasteiger charge is -2.46. The second-order valence-electron chi connectivity index (χ2n) is 9.25. The number of carbonyl (C=O) groups is 3. The molecule has 4 rings (SSSR count). The molecule has 0 saturated carbocycles. The molecular weight excluding hydrogens is 496 g/mol. The standard InChI is InChI=1S/C27H31BrN2O4/c1-18(31)15-26(33)30-24(9-6-14-34-19(2)32)22-12-13-29(17-20-7-4-3-5-8-20)27(22)23-16-21(28)10-11-25(23)30/h3-5,7-8,10-11,16,22,24,27H,6,9,12-15,17H2,1-2H3/t22-,24-,27-/m0/s1. The summed E-state index contributed by atoms with van der Waals surface area (Å²) in [5.41, 5.74) is 3.27. The molecule has 0 aromatic heterocycles. The molecule has 1 amide bonds. The minimum absolute atomic E-state index is 0.0538. The first-order valence-corrected chi connectivity index (χ1v) is 12.7. The molecule has 3 atom stereocenters. The smallest absolute Gasteiger partial charge is 0.302 e. The molecule has 0 unspecified atom stereocenters. The Morgan fingerprint density at radius 1 is 1.09 bits per heavy atom. The number of ether oxygens (including phenoxy) is 1. The molecule has 0 radical (unpaired) electrons. The quantitative estimate of drug-likeness (QED) is 0.273. The van der Waals surface area contributed by atoms with Gasteiger partial charge in [0.05, 0.1) is 13.0 Å². The monoisotopic (exact) mass is 526 g/mol. The Balaban J connectivity index is 1.70. The molecule has 2 aromatic rings. The molecule has 34 heavy (non-hydrogen) atoms. The van der Waals surface area contributed by atoms with E-state index in [4.69, 9.17) is 4.74 Å². The molecule has 0 bridgehead atoms. The van der Waals surface area contributed by atoms with E-state index in [-0.39, 0.29) is 42.1 Å². The Morgan fingerprint density at radius 2 is 1.85 bits per heavy atom. The maximum atomic E-state index is 13.4. The minimum atomic E-state index is -0.295. The van der Waals surface area contributed by atoms with Crippen LogP contribution in [0.1, 0.15) is 56.7 Å². The number of esters is 1. The van der Waals surface area contributed by atoms with Crippen molar-refractivity contribution >= 4 is 39.3 Å². The number of hydrogen-bond acceptors (Lipinski definition) is 5. The highest BCUT2D eigenvalue weighted by Crippen LogP contribution is 2.51. The molecule has 0 N–H and O–H groups in total. The van der Waals surface area contributed by atoms with Crippen LogP contribution in [-0.2, 0) is 25.7 Å². The van der Waals surface area contributed by atoms with Gasteiger partial charge in [-0.1, -0.05) is 46.3 Å². The summed E-state index contributed by atoms with van der Waals surface area (Å²) in [6.07, 6.45) is 2.24. The normalized spacial score (nSPS) is 21.6. The molecule has 0 spiro atoms.